The first-order chi connectivity index (χ1) is 49.0. The molecular formula is C71H81N15O14S2. The van der Waals surface area contributed by atoms with E-state index in [9.17, 15) is 37.2 Å². The molecule has 11 rings (SSSR count). The third kappa shape index (κ3) is 17.3. The standard InChI is InChI=1S/C27H29N5O4.C23H25N5O4S.C21H27N5O6S/c1-4-6-23-28-17(3)25-27(34)29-26(30-32(23)25)21-16-20(11-13-22(21)36-5-2)15-19-9-7-18(8-10-19)12-14-24(33)31-35;1-4-6-19-24-13(3)20-23(30)25-21(26-28(19)20)16-12-14(7-9-17(16)32-5-2)11-15-8-10-18(33-15)22(29)27-31;1-5-7-18-22-13(3)19-21(29)23-20(24-26(18)19)16-10-15(8-9-17(16)32-6-2)33(30,31)25(4)11-14(28)12-27/h7-14,16,35H,4-6,15H2,1-3H3,(H,31,33)(H,29,30,34);7-10,12,31H,4-6,11H2,1-3H3,(H,27,29)(H,25,26,30);8-10,27H,5-7,11-12H2,1-4H3,(H,23,24,29)/b14-12+;;. The number of amides is 2. The quantitative estimate of drug-likeness (QED) is 0.0136. The summed E-state index contributed by atoms with van der Waals surface area (Å²) in [6.07, 6.45) is 8.73. The van der Waals surface area contributed by atoms with Crippen molar-refractivity contribution in [3.63, 3.8) is 0 Å². The summed E-state index contributed by atoms with van der Waals surface area (Å²) in [5, 5.41) is 40.4. The second-order valence-electron chi connectivity index (χ2n) is 23.5. The average molecular weight is 1430 g/mol. The number of ketones is 1. The van der Waals surface area contributed by atoms with Gasteiger partial charge in [-0.15, -0.1) is 26.6 Å². The van der Waals surface area contributed by atoms with Gasteiger partial charge in [0, 0.05) is 43.7 Å². The number of Topliss-reactive ketones (excluding diaryl/α,β-unsaturated/α-hetero) is 1. The lowest BCUT2D eigenvalue weighted by Gasteiger charge is -2.18. The summed E-state index contributed by atoms with van der Waals surface area (Å²) in [5.74, 6) is 2.92. The number of aromatic amines is 3. The number of aromatic nitrogens is 12. The Bertz CT molecular complexity index is 5200. The number of aliphatic hydroxyl groups is 1. The second kappa shape index (κ2) is 34.0. The molecule has 0 unspecified atom stereocenters. The smallest absolute Gasteiger partial charge is 0.284 e. The lowest BCUT2D eigenvalue weighted by Crippen LogP contribution is -2.33. The number of aliphatic hydroxyl groups excluding tert-OH is 1. The molecule has 7 aromatic heterocycles. The van der Waals surface area contributed by atoms with Gasteiger partial charge in [-0.05, 0) is 150 Å². The molecule has 0 atom stereocenters. The molecular weight excluding hydrogens is 1350 g/mol. The summed E-state index contributed by atoms with van der Waals surface area (Å²) in [7, 11) is -2.82. The Kier molecular flexibility index (Phi) is 25.1. The summed E-state index contributed by atoms with van der Waals surface area (Å²) < 4.78 is 48.9. The maximum absolute atomic E-state index is 13.0. The fraction of sp³-hybridized carbons (Fsp3) is 0.324. The minimum absolute atomic E-state index is 0.118. The number of aryl methyl sites for hydroxylation is 6. The van der Waals surface area contributed by atoms with Crippen LogP contribution in [-0.2, 0) is 51.7 Å². The summed E-state index contributed by atoms with van der Waals surface area (Å²) in [5.41, 5.74) is 11.0. The number of ether oxygens (including phenoxy) is 3. The van der Waals surface area contributed by atoms with E-state index in [1.807, 2.05) is 101 Å². The highest BCUT2D eigenvalue weighted by molar-refractivity contribution is 7.89. The van der Waals surface area contributed by atoms with E-state index in [2.05, 4.69) is 48.9 Å². The molecule has 536 valence electrons. The van der Waals surface area contributed by atoms with Crippen molar-refractivity contribution in [2.75, 3.05) is 40.0 Å². The van der Waals surface area contributed by atoms with Crippen LogP contribution in [0.4, 0.5) is 0 Å². The Morgan fingerprint density at radius 1 is 0.569 bits per heavy atom. The van der Waals surface area contributed by atoms with Gasteiger partial charge >= 0.3 is 0 Å². The summed E-state index contributed by atoms with van der Waals surface area (Å²) in [6, 6.07) is 27.1. The van der Waals surface area contributed by atoms with Gasteiger partial charge in [-0.3, -0.25) is 39.2 Å². The highest BCUT2D eigenvalue weighted by Gasteiger charge is 2.27. The molecule has 0 radical (unpaired) electrons. The van der Waals surface area contributed by atoms with Crippen molar-refractivity contribution in [2.45, 2.75) is 119 Å². The molecule has 0 aliphatic rings. The Labute approximate surface area is 589 Å². The number of thiophene rings is 1. The molecule has 8 N–H and O–H groups in total. The number of imidazole rings is 3. The molecule has 7 heterocycles. The lowest BCUT2D eigenvalue weighted by molar-refractivity contribution is -0.124. The first-order valence-electron chi connectivity index (χ1n) is 33.1. The van der Waals surface area contributed by atoms with Crippen LogP contribution in [0.1, 0.15) is 132 Å². The zero-order valence-electron chi connectivity index (χ0n) is 58.1. The number of sulfonamides is 1. The number of hydrogen-bond acceptors (Lipinski definition) is 21. The Hall–Kier alpha value is -10.8. The third-order valence-electron chi connectivity index (χ3n) is 15.9. The summed E-state index contributed by atoms with van der Waals surface area (Å²) in [6.45, 7) is 17.1. The molecule has 0 spiro atoms. The number of rotatable bonds is 27. The lowest BCUT2D eigenvalue weighted by atomic mass is 10.0. The van der Waals surface area contributed by atoms with Crippen molar-refractivity contribution < 1.29 is 52.5 Å². The Morgan fingerprint density at radius 2 is 0.990 bits per heavy atom. The molecule has 0 saturated carbocycles. The number of carbonyl (C=O) groups is 3. The largest absolute Gasteiger partial charge is 0.493 e. The van der Waals surface area contributed by atoms with Crippen LogP contribution in [0, 0.1) is 20.8 Å². The summed E-state index contributed by atoms with van der Waals surface area (Å²) >= 11 is 1.30. The van der Waals surface area contributed by atoms with Crippen LogP contribution in [0.15, 0.2) is 116 Å². The minimum Gasteiger partial charge on any atom is -0.493 e. The fourth-order valence-electron chi connectivity index (χ4n) is 11.3. The van der Waals surface area contributed by atoms with Gasteiger partial charge in [0.05, 0.1) is 69.9 Å². The maximum Gasteiger partial charge on any atom is 0.284 e. The number of carbonyl (C=O) groups excluding carboxylic acids is 3. The van der Waals surface area contributed by atoms with Gasteiger partial charge < -0.3 is 34.3 Å². The maximum atomic E-state index is 13.0. The molecule has 11 aromatic rings. The summed E-state index contributed by atoms with van der Waals surface area (Å²) in [4.78, 5) is 96.4. The van der Waals surface area contributed by atoms with Crippen molar-refractivity contribution in [3.05, 3.63) is 195 Å². The Balaban J connectivity index is 0.000000178. The van der Waals surface area contributed by atoms with E-state index < -0.39 is 46.3 Å². The van der Waals surface area contributed by atoms with Gasteiger partial charge in [-0.25, -0.2) is 47.9 Å². The molecule has 2 amide bonds. The van der Waals surface area contributed by atoms with Gasteiger partial charge in [0.25, 0.3) is 28.5 Å². The number of nitrogens with one attached hydrogen (secondary N) is 5. The van der Waals surface area contributed by atoms with E-state index in [1.54, 1.807) is 46.0 Å². The highest BCUT2D eigenvalue weighted by atomic mass is 32.2. The molecule has 0 aliphatic heterocycles. The van der Waals surface area contributed by atoms with Crippen molar-refractivity contribution in [3.8, 4) is 51.4 Å². The Morgan fingerprint density at radius 3 is 1.40 bits per heavy atom. The number of hydrogen-bond donors (Lipinski definition) is 8. The van der Waals surface area contributed by atoms with Crippen LogP contribution >= 0.6 is 11.3 Å². The van der Waals surface area contributed by atoms with Crippen LogP contribution in [0.3, 0.4) is 0 Å². The van der Waals surface area contributed by atoms with Gasteiger partial charge in [0.15, 0.2) is 39.8 Å². The normalized spacial score (nSPS) is 11.5. The van der Waals surface area contributed by atoms with E-state index in [1.165, 1.54) is 47.2 Å². The van der Waals surface area contributed by atoms with Gasteiger partial charge in [0.2, 0.25) is 10.0 Å². The molecule has 29 nitrogen and oxygen atoms in total. The molecule has 4 aromatic carbocycles. The molecule has 0 saturated heterocycles. The first-order valence-corrected chi connectivity index (χ1v) is 35.4. The van der Waals surface area contributed by atoms with Gasteiger partial charge in [-0.1, -0.05) is 57.2 Å². The SMILES string of the molecule is CCCc1nc(C)c2c(=O)[nH]c(-c3cc(Cc4ccc(/C=C/C(=O)NO)cc4)ccc3OCC)nn12.CCCc1nc(C)c2c(=O)[nH]c(-c3cc(Cc4ccc(C(=O)NO)s4)ccc3OCC)nn12.CCCc1nc(C)c2c(=O)[nH]c(-c3cc(S(=O)(=O)N(C)CC(=O)CO)ccc3OCC)nn12. The number of fused-ring (bicyclic) bond motifs is 3. The zero-order chi connectivity index (χ0) is 73.5. The van der Waals surface area contributed by atoms with E-state index in [-0.39, 0.29) is 27.4 Å². The fourth-order valence-corrected chi connectivity index (χ4v) is 13.4. The average Bonchev–Trinajstić information content (AvgIpc) is 1.52. The van der Waals surface area contributed by atoms with Crippen molar-refractivity contribution in [1.29, 1.82) is 0 Å². The van der Waals surface area contributed by atoms with Crippen molar-refractivity contribution in [1.82, 2.24) is 74.0 Å². The topological polar surface area (TPSA) is 390 Å². The van der Waals surface area contributed by atoms with E-state index in [0.717, 1.165) is 68.8 Å². The van der Waals surface area contributed by atoms with Crippen LogP contribution in [0.2, 0.25) is 0 Å². The highest BCUT2D eigenvalue weighted by Crippen LogP contribution is 2.34. The van der Waals surface area contributed by atoms with E-state index in [0.29, 0.717) is 130 Å². The van der Waals surface area contributed by atoms with Crippen LogP contribution < -0.4 is 41.8 Å². The van der Waals surface area contributed by atoms with Crippen LogP contribution in [-0.4, -0.2) is 145 Å². The van der Waals surface area contributed by atoms with Gasteiger partial charge in [-0.2, -0.15) is 4.31 Å². The van der Waals surface area contributed by atoms with Crippen molar-refractivity contribution in [2.24, 2.45) is 0 Å². The second-order valence-corrected chi connectivity index (χ2v) is 26.7. The van der Waals surface area contributed by atoms with Crippen molar-refractivity contribution >= 4 is 61.6 Å². The van der Waals surface area contributed by atoms with Gasteiger partial charge in [0.1, 0.15) is 41.3 Å². The molecule has 0 fully saturated rings. The van der Waals surface area contributed by atoms with E-state index in [4.69, 9.17) is 39.9 Å². The predicted octanol–water partition coefficient (Wildman–Crippen LogP) is 8.30. The zero-order valence-corrected chi connectivity index (χ0v) is 59.8. The molecule has 31 heteroatoms. The number of benzene rings is 4. The number of H-pyrrole nitrogens is 3. The van der Waals surface area contributed by atoms with Crippen LogP contribution in [0.5, 0.6) is 17.2 Å². The van der Waals surface area contributed by atoms with E-state index >= 15 is 0 Å². The number of nitrogens with zero attached hydrogens (tertiary/aromatic N) is 10. The minimum atomic E-state index is -4.06. The molecule has 0 bridgehead atoms. The third-order valence-corrected chi connectivity index (χ3v) is 18.8. The number of likely N-dealkylation sites (N-methyl/N-ethyl adjacent to an activating group) is 1. The predicted molar refractivity (Wildman–Crippen MR) is 383 cm³/mol. The first kappa shape index (κ1) is 75.4. The number of hydroxylamine groups is 2. The van der Waals surface area contributed by atoms with Crippen LogP contribution in [0.25, 0.3) is 56.8 Å². The molecule has 0 aliphatic carbocycles. The monoisotopic (exact) mass is 1430 g/mol. The molecule has 102 heavy (non-hydrogen) atoms.